The Morgan fingerprint density at radius 2 is 1.12 bits per heavy atom. The Labute approximate surface area is 329 Å². The van der Waals surface area contributed by atoms with Crippen molar-refractivity contribution in [2.75, 3.05) is 0 Å². The number of nitro groups is 1. The van der Waals surface area contributed by atoms with Gasteiger partial charge in [-0.25, -0.2) is 17.9 Å². The highest BCUT2D eigenvalue weighted by Crippen LogP contribution is 2.26. The number of carboxylic acids is 1. The number of aryl methyl sites for hydroxylation is 6. The standard InChI is InChI=1S/C24H28N4O5S.C18H24N2O2/c1-15-10-16(2)20(17(3)11-15)14-27-21(13-22(25-27)24(4,5)6)23(29)26-34(32,33)19-9-7-8-18(12-19)28(30)31;1-11-7-12(2)14(13(3)8-11)10-20-15(17(21)22)9-16(19-20)18(4,5)6/h7-13H,14H2,1-6H3,(H,26,29);7-9H,10H2,1-6H3,(H,21,22). The van der Waals surface area contributed by atoms with Gasteiger partial charge >= 0.3 is 5.97 Å². The average Bonchev–Trinajstić information content (AvgIpc) is 3.70. The van der Waals surface area contributed by atoms with Crippen LogP contribution in [0.5, 0.6) is 0 Å². The second kappa shape index (κ2) is 16.2. The first-order valence-electron chi connectivity index (χ1n) is 18.1. The molecule has 0 saturated heterocycles. The number of aromatic nitrogens is 4. The molecule has 0 unspecified atom stereocenters. The van der Waals surface area contributed by atoms with Crippen LogP contribution in [-0.4, -0.2) is 49.9 Å². The number of carbonyl (C=O) groups excluding carboxylic acids is 1. The van der Waals surface area contributed by atoms with Gasteiger partial charge in [0.1, 0.15) is 11.4 Å². The SMILES string of the molecule is Cc1cc(C)c(Cn2nc(C(C)(C)C)cc2C(=O)NS(=O)(=O)c2cccc([N+](=O)[O-])c2)c(C)c1.Cc1cc(C)c(Cn2nc(C(C)(C)C)cc2C(=O)O)c(C)c1. The van der Waals surface area contributed by atoms with Gasteiger partial charge in [-0.05, 0) is 93.1 Å². The number of carbonyl (C=O) groups is 2. The molecule has 0 radical (unpaired) electrons. The number of rotatable bonds is 9. The summed E-state index contributed by atoms with van der Waals surface area (Å²) in [7, 11) is -4.35. The zero-order chi connectivity index (χ0) is 42.1. The van der Waals surface area contributed by atoms with Crippen LogP contribution in [0, 0.1) is 51.7 Å². The van der Waals surface area contributed by atoms with Gasteiger partial charge in [0, 0.05) is 23.0 Å². The predicted octanol–water partition coefficient (Wildman–Crippen LogP) is 8.03. The van der Waals surface area contributed by atoms with Gasteiger partial charge in [0.25, 0.3) is 21.6 Å². The van der Waals surface area contributed by atoms with Crippen LogP contribution >= 0.6 is 0 Å². The molecule has 2 aromatic heterocycles. The molecule has 0 spiro atoms. The van der Waals surface area contributed by atoms with Crippen molar-refractivity contribution in [3.05, 3.63) is 138 Å². The van der Waals surface area contributed by atoms with Crippen molar-refractivity contribution in [3.8, 4) is 0 Å². The van der Waals surface area contributed by atoms with Crippen LogP contribution < -0.4 is 4.72 Å². The summed E-state index contributed by atoms with van der Waals surface area (Å²) in [5.74, 6) is -1.80. The fraction of sp³-hybridized carbons (Fsp3) is 0.381. The van der Waals surface area contributed by atoms with Crippen LogP contribution in [-0.2, 0) is 33.9 Å². The summed E-state index contributed by atoms with van der Waals surface area (Å²) in [5.41, 5.74) is 9.70. The molecule has 0 saturated carbocycles. The molecule has 0 aliphatic carbocycles. The molecule has 2 heterocycles. The first-order valence-corrected chi connectivity index (χ1v) is 19.6. The average molecular weight is 785 g/mol. The minimum absolute atomic E-state index is 0.0818. The minimum Gasteiger partial charge on any atom is -0.477 e. The topological polar surface area (TPSA) is 179 Å². The van der Waals surface area contributed by atoms with Gasteiger partial charge < -0.3 is 5.11 Å². The van der Waals surface area contributed by atoms with E-state index in [0.717, 1.165) is 39.6 Å². The van der Waals surface area contributed by atoms with E-state index in [2.05, 4.69) is 43.1 Å². The third-order valence-corrected chi connectivity index (χ3v) is 10.7. The van der Waals surface area contributed by atoms with E-state index in [9.17, 15) is 33.2 Å². The third kappa shape index (κ3) is 10.2. The van der Waals surface area contributed by atoms with Crippen molar-refractivity contribution in [1.29, 1.82) is 0 Å². The maximum absolute atomic E-state index is 13.1. The Morgan fingerprint density at radius 3 is 1.52 bits per heavy atom. The largest absolute Gasteiger partial charge is 0.477 e. The van der Waals surface area contributed by atoms with Crippen LogP contribution in [0.3, 0.4) is 0 Å². The van der Waals surface area contributed by atoms with Gasteiger partial charge in [-0.2, -0.15) is 10.2 Å². The summed E-state index contributed by atoms with van der Waals surface area (Å²) in [6.07, 6.45) is 0. The van der Waals surface area contributed by atoms with Crippen LogP contribution in [0.2, 0.25) is 0 Å². The second-order valence-corrected chi connectivity index (χ2v) is 18.1. The van der Waals surface area contributed by atoms with Crippen LogP contribution in [0.15, 0.2) is 65.6 Å². The number of sulfonamides is 1. The number of non-ortho nitro benzene ring substituents is 1. The van der Waals surface area contributed by atoms with Crippen molar-refractivity contribution in [2.45, 2.75) is 112 Å². The lowest BCUT2D eigenvalue weighted by atomic mass is 9.92. The Balaban J connectivity index is 0.000000273. The van der Waals surface area contributed by atoms with Crippen LogP contribution in [0.4, 0.5) is 5.69 Å². The molecule has 0 fully saturated rings. The van der Waals surface area contributed by atoms with E-state index in [0.29, 0.717) is 12.2 Å². The van der Waals surface area contributed by atoms with Crippen molar-refractivity contribution >= 4 is 27.6 Å². The Hall–Kier alpha value is -5.63. The third-order valence-electron chi connectivity index (χ3n) is 9.41. The number of nitrogens with one attached hydrogen (secondary N) is 1. The van der Waals surface area contributed by atoms with E-state index in [1.54, 1.807) is 16.8 Å². The van der Waals surface area contributed by atoms with Crippen molar-refractivity contribution in [1.82, 2.24) is 24.3 Å². The summed E-state index contributed by atoms with van der Waals surface area (Å²) < 4.78 is 30.8. The Morgan fingerprint density at radius 1 is 0.714 bits per heavy atom. The Kier molecular flexibility index (Phi) is 12.5. The summed E-state index contributed by atoms with van der Waals surface area (Å²) in [6.45, 7) is 24.9. The molecule has 1 amide bonds. The molecule has 0 aliphatic heterocycles. The van der Waals surface area contributed by atoms with E-state index in [1.807, 2.05) is 79.2 Å². The molecule has 5 aromatic rings. The number of amides is 1. The van der Waals surface area contributed by atoms with Crippen molar-refractivity contribution in [2.24, 2.45) is 0 Å². The lowest BCUT2D eigenvalue weighted by Gasteiger charge is -2.15. The highest BCUT2D eigenvalue weighted by Gasteiger charge is 2.28. The van der Waals surface area contributed by atoms with Gasteiger partial charge in [-0.1, -0.05) is 83.0 Å². The first-order chi connectivity index (χ1) is 25.8. The predicted molar refractivity (Wildman–Crippen MR) is 216 cm³/mol. The summed E-state index contributed by atoms with van der Waals surface area (Å²) in [4.78, 5) is 34.6. The quantitative estimate of drug-likeness (QED) is 0.111. The van der Waals surface area contributed by atoms with E-state index in [4.69, 9.17) is 0 Å². The molecule has 56 heavy (non-hydrogen) atoms. The molecule has 5 rings (SSSR count). The number of hydrogen-bond donors (Lipinski definition) is 2. The molecule has 298 valence electrons. The molecular weight excluding hydrogens is 733 g/mol. The number of hydrogen-bond acceptors (Lipinski definition) is 8. The van der Waals surface area contributed by atoms with Gasteiger partial charge in [0.05, 0.1) is 34.3 Å². The lowest BCUT2D eigenvalue weighted by Crippen LogP contribution is -2.32. The van der Waals surface area contributed by atoms with Gasteiger partial charge in [-0.3, -0.25) is 24.3 Å². The zero-order valence-electron chi connectivity index (χ0n) is 34.2. The zero-order valence-corrected chi connectivity index (χ0v) is 35.0. The first kappa shape index (κ1) is 43.1. The highest BCUT2D eigenvalue weighted by molar-refractivity contribution is 7.90. The second-order valence-electron chi connectivity index (χ2n) is 16.4. The number of aromatic carboxylic acids is 1. The molecular formula is C42H52N6O7S. The molecule has 2 N–H and O–H groups in total. The van der Waals surface area contributed by atoms with E-state index < -0.39 is 26.8 Å². The van der Waals surface area contributed by atoms with Crippen LogP contribution in [0.25, 0.3) is 0 Å². The molecule has 13 nitrogen and oxygen atoms in total. The smallest absolute Gasteiger partial charge is 0.354 e. The summed E-state index contributed by atoms with van der Waals surface area (Å²) >= 11 is 0. The van der Waals surface area contributed by atoms with Crippen LogP contribution in [0.1, 0.15) is 118 Å². The molecule has 14 heteroatoms. The number of nitro benzene ring substituents is 1. The maximum atomic E-state index is 13.1. The van der Waals surface area contributed by atoms with E-state index in [-0.39, 0.29) is 39.3 Å². The number of carboxylic acid groups (broad SMARTS) is 1. The van der Waals surface area contributed by atoms with E-state index in [1.165, 1.54) is 39.6 Å². The maximum Gasteiger partial charge on any atom is 0.354 e. The lowest BCUT2D eigenvalue weighted by molar-refractivity contribution is -0.385. The molecule has 0 aliphatic rings. The fourth-order valence-corrected chi connectivity index (χ4v) is 7.38. The minimum atomic E-state index is -4.35. The summed E-state index contributed by atoms with van der Waals surface area (Å²) in [5, 5.41) is 29.6. The van der Waals surface area contributed by atoms with Crippen molar-refractivity contribution in [3.63, 3.8) is 0 Å². The number of benzene rings is 3. The molecule has 0 bridgehead atoms. The normalized spacial score (nSPS) is 11.9. The van der Waals surface area contributed by atoms with Crippen molar-refractivity contribution < 1.29 is 28.0 Å². The van der Waals surface area contributed by atoms with Gasteiger partial charge in [0.2, 0.25) is 0 Å². The summed E-state index contributed by atoms with van der Waals surface area (Å²) in [6, 6.07) is 16.1. The molecule has 3 aromatic carbocycles. The van der Waals surface area contributed by atoms with E-state index >= 15 is 0 Å². The fourth-order valence-electron chi connectivity index (χ4n) is 6.38. The molecule has 0 atom stereocenters. The monoisotopic (exact) mass is 784 g/mol. The number of nitrogens with zero attached hydrogens (tertiary/aromatic N) is 5. The highest BCUT2D eigenvalue weighted by atomic mass is 32.2. The van der Waals surface area contributed by atoms with Gasteiger partial charge in [-0.15, -0.1) is 0 Å². The van der Waals surface area contributed by atoms with Gasteiger partial charge in [0.15, 0.2) is 0 Å². The Bertz CT molecular complexity index is 2380.